The molecule has 2 aromatic rings. The molecule has 0 spiro atoms. The molecule has 0 radical (unpaired) electrons. The van der Waals surface area contributed by atoms with Crippen molar-refractivity contribution in [1.82, 2.24) is 10.2 Å². The van der Waals surface area contributed by atoms with Crippen LogP contribution in [0.1, 0.15) is 5.69 Å². The van der Waals surface area contributed by atoms with Gasteiger partial charge in [0.05, 0.1) is 17.6 Å². The summed E-state index contributed by atoms with van der Waals surface area (Å²) in [6, 6.07) is 6.17. The molecule has 1 aromatic heterocycles. The third kappa shape index (κ3) is 3.51. The van der Waals surface area contributed by atoms with Crippen LogP contribution in [0.3, 0.4) is 0 Å². The average molecular weight is 311 g/mol. The number of aromatic amines is 1. The molecule has 1 aromatic carbocycles. The van der Waals surface area contributed by atoms with Crippen molar-refractivity contribution in [2.45, 2.75) is 11.8 Å². The topological polar surface area (TPSA) is 121 Å². The van der Waals surface area contributed by atoms with Crippen LogP contribution in [0, 0.1) is 6.92 Å². The molecular weight excluding hydrogens is 298 g/mol. The predicted octanol–water partition coefficient (Wildman–Crippen LogP) is 0.982. The normalized spacial score (nSPS) is 11.1. The number of rotatable bonds is 6. The molecule has 0 aliphatic carbocycles. The summed E-state index contributed by atoms with van der Waals surface area (Å²) >= 11 is 0. The number of ether oxygens (including phenoxy) is 1. The molecule has 0 amide bonds. The van der Waals surface area contributed by atoms with Crippen LogP contribution in [0.4, 0.5) is 5.69 Å². The van der Waals surface area contributed by atoms with E-state index in [4.69, 9.17) is 9.84 Å². The molecular formula is C12H13N3O5S. The van der Waals surface area contributed by atoms with Gasteiger partial charge in [-0.25, -0.2) is 13.2 Å². The van der Waals surface area contributed by atoms with Crippen molar-refractivity contribution >= 4 is 21.7 Å². The Morgan fingerprint density at radius 3 is 2.76 bits per heavy atom. The molecule has 0 bridgehead atoms. The van der Waals surface area contributed by atoms with Gasteiger partial charge in [-0.05, 0) is 19.1 Å². The van der Waals surface area contributed by atoms with E-state index in [0.717, 1.165) is 0 Å². The zero-order valence-corrected chi connectivity index (χ0v) is 11.8. The Morgan fingerprint density at radius 1 is 1.43 bits per heavy atom. The summed E-state index contributed by atoms with van der Waals surface area (Å²) in [6.45, 7) is 1.01. The number of H-pyrrole nitrogens is 1. The molecule has 2 rings (SSSR count). The Balaban J connectivity index is 2.27. The molecule has 112 valence electrons. The number of sulfonamides is 1. The van der Waals surface area contributed by atoms with Crippen molar-refractivity contribution in [3.63, 3.8) is 0 Å². The minimum absolute atomic E-state index is 0.00976. The first-order valence-corrected chi connectivity index (χ1v) is 7.35. The maximum Gasteiger partial charge on any atom is 0.341 e. The van der Waals surface area contributed by atoms with E-state index in [1.165, 1.54) is 18.3 Å². The third-order valence-electron chi connectivity index (χ3n) is 2.56. The quantitative estimate of drug-likeness (QED) is 0.731. The van der Waals surface area contributed by atoms with Crippen molar-refractivity contribution < 1.29 is 23.1 Å². The zero-order chi connectivity index (χ0) is 15.5. The van der Waals surface area contributed by atoms with Gasteiger partial charge in [0.2, 0.25) is 0 Å². The number of aryl methyl sites for hydroxylation is 1. The first kappa shape index (κ1) is 14.9. The van der Waals surface area contributed by atoms with Crippen LogP contribution < -0.4 is 9.46 Å². The molecule has 0 fully saturated rings. The van der Waals surface area contributed by atoms with Gasteiger partial charge in [0.1, 0.15) is 10.6 Å². The lowest BCUT2D eigenvalue weighted by molar-refractivity contribution is -0.139. The number of aromatic nitrogens is 2. The van der Waals surface area contributed by atoms with E-state index in [0.29, 0.717) is 5.69 Å². The molecule has 0 aliphatic heterocycles. The van der Waals surface area contributed by atoms with Gasteiger partial charge in [0.15, 0.2) is 6.61 Å². The van der Waals surface area contributed by atoms with Crippen molar-refractivity contribution in [3.8, 4) is 5.75 Å². The minimum atomic E-state index is -3.83. The maximum absolute atomic E-state index is 12.2. The smallest absolute Gasteiger partial charge is 0.341 e. The molecule has 21 heavy (non-hydrogen) atoms. The number of carboxylic acid groups (broad SMARTS) is 1. The molecule has 0 saturated carbocycles. The number of carbonyl (C=O) groups is 1. The van der Waals surface area contributed by atoms with Gasteiger partial charge in [0.25, 0.3) is 10.0 Å². The number of aliphatic carboxylic acids is 1. The highest BCUT2D eigenvalue weighted by Crippen LogP contribution is 2.26. The first-order valence-electron chi connectivity index (χ1n) is 5.86. The molecule has 8 nitrogen and oxygen atoms in total. The summed E-state index contributed by atoms with van der Waals surface area (Å²) < 4.78 is 31.9. The predicted molar refractivity (Wildman–Crippen MR) is 73.7 cm³/mol. The van der Waals surface area contributed by atoms with Crippen molar-refractivity contribution in [2.24, 2.45) is 0 Å². The summed E-state index contributed by atoms with van der Waals surface area (Å²) in [5.41, 5.74) is 0.547. The average Bonchev–Trinajstić information content (AvgIpc) is 2.84. The van der Waals surface area contributed by atoms with Gasteiger partial charge in [-0.2, -0.15) is 5.10 Å². The molecule has 3 N–H and O–H groups in total. The Kier molecular flexibility index (Phi) is 4.13. The van der Waals surface area contributed by atoms with Crippen LogP contribution in [-0.4, -0.2) is 36.3 Å². The maximum atomic E-state index is 12.2. The first-order chi connectivity index (χ1) is 9.90. The molecule has 0 aliphatic rings. The fourth-order valence-corrected chi connectivity index (χ4v) is 2.83. The van der Waals surface area contributed by atoms with Crippen molar-refractivity contribution in [3.05, 3.63) is 36.2 Å². The number of benzene rings is 1. The fourth-order valence-electron chi connectivity index (χ4n) is 1.63. The Morgan fingerprint density at radius 2 is 2.14 bits per heavy atom. The van der Waals surface area contributed by atoms with Gasteiger partial charge in [-0.3, -0.25) is 9.82 Å². The summed E-state index contributed by atoms with van der Waals surface area (Å²) in [6.07, 6.45) is 1.19. The highest BCUT2D eigenvalue weighted by Gasteiger charge is 2.20. The van der Waals surface area contributed by atoms with Crippen LogP contribution in [0.25, 0.3) is 0 Å². The summed E-state index contributed by atoms with van der Waals surface area (Å²) in [5, 5.41) is 14.8. The van der Waals surface area contributed by atoms with Crippen LogP contribution in [-0.2, 0) is 14.8 Å². The fraction of sp³-hybridized carbons (Fsp3) is 0.167. The second kappa shape index (κ2) is 5.83. The lowest BCUT2D eigenvalue weighted by Gasteiger charge is -2.12. The zero-order valence-electron chi connectivity index (χ0n) is 11.0. The van der Waals surface area contributed by atoms with Crippen molar-refractivity contribution in [2.75, 3.05) is 11.3 Å². The van der Waals surface area contributed by atoms with Gasteiger partial charge in [0, 0.05) is 0 Å². The largest absolute Gasteiger partial charge is 0.480 e. The highest BCUT2D eigenvalue weighted by atomic mass is 32.2. The number of para-hydroxylation sites is 2. The van der Waals surface area contributed by atoms with Gasteiger partial charge in [-0.15, -0.1) is 0 Å². The van der Waals surface area contributed by atoms with E-state index in [1.54, 1.807) is 19.1 Å². The lowest BCUT2D eigenvalue weighted by atomic mass is 10.3. The molecule has 9 heteroatoms. The molecule has 0 atom stereocenters. The highest BCUT2D eigenvalue weighted by molar-refractivity contribution is 7.92. The number of hydrogen-bond acceptors (Lipinski definition) is 5. The summed E-state index contributed by atoms with van der Waals surface area (Å²) in [5.74, 6) is -1.03. The van der Waals surface area contributed by atoms with E-state index in [-0.39, 0.29) is 16.3 Å². The van der Waals surface area contributed by atoms with Crippen LogP contribution in [0.5, 0.6) is 5.75 Å². The summed E-state index contributed by atoms with van der Waals surface area (Å²) in [4.78, 5) is 10.5. The Labute approximate surface area is 120 Å². The summed E-state index contributed by atoms with van der Waals surface area (Å²) in [7, 11) is -3.83. The SMILES string of the molecule is Cc1[nH]ncc1S(=O)(=O)Nc1ccccc1OCC(=O)O. The second-order valence-corrected chi connectivity index (χ2v) is 5.79. The molecule has 0 unspecified atom stereocenters. The number of anilines is 1. The standard InChI is InChI=1S/C12H13N3O5S/c1-8-11(6-13-14-8)21(18,19)15-9-4-2-3-5-10(9)20-7-12(16)17/h2-6,15H,7H2,1H3,(H,13,14)(H,16,17). The number of nitrogens with one attached hydrogen (secondary N) is 2. The third-order valence-corrected chi connectivity index (χ3v) is 4.03. The van der Waals surface area contributed by atoms with Crippen LogP contribution in [0.15, 0.2) is 35.4 Å². The van der Waals surface area contributed by atoms with E-state index in [1.807, 2.05) is 0 Å². The number of nitrogens with zero attached hydrogens (tertiary/aromatic N) is 1. The lowest BCUT2D eigenvalue weighted by Crippen LogP contribution is -2.15. The van der Waals surface area contributed by atoms with Gasteiger partial charge >= 0.3 is 5.97 Å². The Hall–Kier alpha value is -2.55. The van der Waals surface area contributed by atoms with E-state index in [2.05, 4.69) is 14.9 Å². The van der Waals surface area contributed by atoms with Crippen LogP contribution in [0.2, 0.25) is 0 Å². The monoisotopic (exact) mass is 311 g/mol. The molecule has 0 saturated heterocycles. The second-order valence-electron chi connectivity index (χ2n) is 4.14. The number of carboxylic acids is 1. The van der Waals surface area contributed by atoms with E-state index < -0.39 is 22.6 Å². The number of hydrogen-bond donors (Lipinski definition) is 3. The van der Waals surface area contributed by atoms with Crippen LogP contribution >= 0.6 is 0 Å². The molecule has 1 heterocycles. The van der Waals surface area contributed by atoms with Gasteiger partial charge < -0.3 is 9.84 Å². The van der Waals surface area contributed by atoms with Crippen molar-refractivity contribution in [1.29, 1.82) is 0 Å². The van der Waals surface area contributed by atoms with E-state index >= 15 is 0 Å². The van der Waals surface area contributed by atoms with Gasteiger partial charge in [-0.1, -0.05) is 12.1 Å². The van der Waals surface area contributed by atoms with E-state index in [9.17, 15) is 13.2 Å². The minimum Gasteiger partial charge on any atom is -0.480 e. The Bertz CT molecular complexity index is 754.